The Kier molecular flexibility index (Phi) is 4.76. The third-order valence-corrected chi connectivity index (χ3v) is 3.41. The summed E-state index contributed by atoms with van der Waals surface area (Å²) in [5.41, 5.74) is 7.96. The number of ether oxygens (including phenoxy) is 2. The average Bonchev–Trinajstić information content (AvgIpc) is 2.44. The molecule has 2 aromatic rings. The highest BCUT2D eigenvalue weighted by Crippen LogP contribution is 2.31. The van der Waals surface area contributed by atoms with Crippen LogP contribution in [-0.4, -0.2) is 14.2 Å². The highest BCUT2D eigenvalue weighted by Gasteiger charge is 2.13. The van der Waals surface area contributed by atoms with Gasteiger partial charge in [0.15, 0.2) is 0 Å². The SMILES string of the molecule is COc1cc(OC)cc(C(N)c2cc(Cl)cc(Cl)c2)c1. The molecular weight excluding hydrogens is 297 g/mol. The first-order chi connectivity index (χ1) is 9.53. The monoisotopic (exact) mass is 311 g/mol. The molecule has 106 valence electrons. The summed E-state index contributed by atoms with van der Waals surface area (Å²) in [7, 11) is 3.20. The Morgan fingerprint density at radius 1 is 0.800 bits per heavy atom. The standard InChI is InChI=1S/C15H15Cl2NO2/c1-19-13-5-10(6-14(8-13)20-2)15(18)9-3-11(16)7-12(17)4-9/h3-8,15H,18H2,1-2H3. The van der Waals surface area contributed by atoms with E-state index in [1.54, 1.807) is 38.5 Å². The second-order valence-corrected chi connectivity index (χ2v) is 5.20. The first-order valence-corrected chi connectivity index (χ1v) is 6.73. The predicted octanol–water partition coefficient (Wildman–Crippen LogP) is 4.06. The second kappa shape index (κ2) is 6.35. The van der Waals surface area contributed by atoms with Crippen molar-refractivity contribution >= 4 is 23.2 Å². The average molecular weight is 312 g/mol. The third-order valence-electron chi connectivity index (χ3n) is 2.98. The lowest BCUT2D eigenvalue weighted by atomic mass is 9.99. The molecule has 20 heavy (non-hydrogen) atoms. The fourth-order valence-electron chi connectivity index (χ4n) is 1.96. The van der Waals surface area contributed by atoms with Gasteiger partial charge in [0.25, 0.3) is 0 Å². The van der Waals surface area contributed by atoms with Crippen LogP contribution in [0, 0.1) is 0 Å². The number of hydrogen-bond acceptors (Lipinski definition) is 3. The molecule has 2 aromatic carbocycles. The van der Waals surface area contributed by atoms with Crippen molar-refractivity contribution in [2.75, 3.05) is 14.2 Å². The highest BCUT2D eigenvalue weighted by atomic mass is 35.5. The minimum atomic E-state index is -0.366. The zero-order valence-corrected chi connectivity index (χ0v) is 12.7. The van der Waals surface area contributed by atoms with Crippen LogP contribution in [0.5, 0.6) is 11.5 Å². The van der Waals surface area contributed by atoms with Gasteiger partial charge in [0.1, 0.15) is 11.5 Å². The molecule has 1 unspecified atom stereocenters. The van der Waals surface area contributed by atoms with Gasteiger partial charge in [0.2, 0.25) is 0 Å². The fourth-order valence-corrected chi connectivity index (χ4v) is 2.50. The summed E-state index contributed by atoms with van der Waals surface area (Å²) < 4.78 is 10.5. The van der Waals surface area contributed by atoms with E-state index >= 15 is 0 Å². The molecule has 3 nitrogen and oxygen atoms in total. The maximum absolute atomic E-state index is 6.27. The fraction of sp³-hybridized carbons (Fsp3) is 0.200. The van der Waals surface area contributed by atoms with Crippen LogP contribution in [-0.2, 0) is 0 Å². The summed E-state index contributed by atoms with van der Waals surface area (Å²) in [5, 5.41) is 1.11. The van der Waals surface area contributed by atoms with Crippen molar-refractivity contribution in [3.8, 4) is 11.5 Å². The van der Waals surface area contributed by atoms with Crippen LogP contribution >= 0.6 is 23.2 Å². The molecule has 0 amide bonds. The van der Waals surface area contributed by atoms with E-state index in [1.165, 1.54) is 0 Å². The first kappa shape index (κ1) is 15.0. The van der Waals surface area contributed by atoms with Crippen LogP contribution in [0.25, 0.3) is 0 Å². The zero-order valence-electron chi connectivity index (χ0n) is 11.2. The van der Waals surface area contributed by atoms with Crippen LogP contribution in [0.4, 0.5) is 0 Å². The Balaban J connectivity index is 2.43. The quantitative estimate of drug-likeness (QED) is 0.926. The number of benzene rings is 2. The van der Waals surface area contributed by atoms with Crippen molar-refractivity contribution < 1.29 is 9.47 Å². The Labute approximate surface area is 128 Å². The van der Waals surface area contributed by atoms with Crippen molar-refractivity contribution in [3.05, 3.63) is 57.6 Å². The van der Waals surface area contributed by atoms with Gasteiger partial charge >= 0.3 is 0 Å². The lowest BCUT2D eigenvalue weighted by Gasteiger charge is -2.16. The van der Waals surface area contributed by atoms with Gasteiger partial charge in [0, 0.05) is 16.1 Å². The molecule has 0 aromatic heterocycles. The van der Waals surface area contributed by atoms with Gasteiger partial charge < -0.3 is 15.2 Å². The Hall–Kier alpha value is -1.42. The molecule has 2 rings (SSSR count). The third kappa shape index (κ3) is 3.37. The Morgan fingerprint density at radius 2 is 1.25 bits per heavy atom. The van der Waals surface area contributed by atoms with Crippen molar-refractivity contribution in [1.82, 2.24) is 0 Å². The predicted molar refractivity (Wildman–Crippen MR) is 82.0 cm³/mol. The molecule has 2 N–H and O–H groups in total. The van der Waals surface area contributed by atoms with Gasteiger partial charge in [-0.25, -0.2) is 0 Å². The van der Waals surface area contributed by atoms with Crippen LogP contribution in [0.3, 0.4) is 0 Å². The molecule has 0 radical (unpaired) electrons. The van der Waals surface area contributed by atoms with Gasteiger partial charge in [-0.1, -0.05) is 23.2 Å². The Bertz CT molecular complexity index is 574. The minimum absolute atomic E-state index is 0.366. The van der Waals surface area contributed by atoms with Crippen molar-refractivity contribution in [2.45, 2.75) is 6.04 Å². The highest BCUT2D eigenvalue weighted by molar-refractivity contribution is 6.34. The van der Waals surface area contributed by atoms with Crippen molar-refractivity contribution in [2.24, 2.45) is 5.73 Å². The molecule has 5 heteroatoms. The van der Waals surface area contributed by atoms with E-state index in [4.69, 9.17) is 38.4 Å². The van der Waals surface area contributed by atoms with Gasteiger partial charge in [-0.2, -0.15) is 0 Å². The number of hydrogen-bond donors (Lipinski definition) is 1. The first-order valence-electron chi connectivity index (χ1n) is 5.98. The molecule has 0 heterocycles. The molecule has 0 spiro atoms. The smallest absolute Gasteiger partial charge is 0.122 e. The van der Waals surface area contributed by atoms with E-state index in [-0.39, 0.29) is 6.04 Å². The minimum Gasteiger partial charge on any atom is -0.497 e. The summed E-state index contributed by atoms with van der Waals surface area (Å²) in [4.78, 5) is 0. The topological polar surface area (TPSA) is 44.5 Å². The molecule has 0 aliphatic carbocycles. The summed E-state index contributed by atoms with van der Waals surface area (Å²) >= 11 is 12.0. The second-order valence-electron chi connectivity index (χ2n) is 4.33. The van der Waals surface area contributed by atoms with E-state index in [2.05, 4.69) is 0 Å². The van der Waals surface area contributed by atoms with E-state index in [1.807, 2.05) is 12.1 Å². The molecule has 0 saturated carbocycles. The van der Waals surface area contributed by atoms with Crippen molar-refractivity contribution in [1.29, 1.82) is 0 Å². The van der Waals surface area contributed by atoms with Gasteiger partial charge in [-0.15, -0.1) is 0 Å². The van der Waals surface area contributed by atoms with Crippen molar-refractivity contribution in [3.63, 3.8) is 0 Å². The Morgan fingerprint density at radius 3 is 1.70 bits per heavy atom. The van der Waals surface area contributed by atoms with E-state index in [0.717, 1.165) is 11.1 Å². The molecule has 0 saturated heterocycles. The maximum Gasteiger partial charge on any atom is 0.122 e. The van der Waals surface area contributed by atoms with E-state index in [9.17, 15) is 0 Å². The number of halogens is 2. The number of methoxy groups -OCH3 is 2. The molecule has 0 bridgehead atoms. The maximum atomic E-state index is 6.27. The lowest BCUT2D eigenvalue weighted by molar-refractivity contribution is 0.393. The molecule has 0 aliphatic rings. The summed E-state index contributed by atoms with van der Waals surface area (Å²) in [6, 6.07) is 10.4. The van der Waals surface area contributed by atoms with Gasteiger partial charge in [-0.3, -0.25) is 0 Å². The van der Waals surface area contributed by atoms with Gasteiger partial charge in [-0.05, 0) is 41.5 Å². The van der Waals surface area contributed by atoms with E-state index in [0.29, 0.717) is 21.5 Å². The van der Waals surface area contributed by atoms with Gasteiger partial charge in [0.05, 0.1) is 20.3 Å². The summed E-state index contributed by atoms with van der Waals surface area (Å²) in [5.74, 6) is 1.37. The molecular formula is C15H15Cl2NO2. The van der Waals surface area contributed by atoms with Crippen LogP contribution < -0.4 is 15.2 Å². The molecule has 0 fully saturated rings. The summed E-state index contributed by atoms with van der Waals surface area (Å²) in [6.07, 6.45) is 0. The zero-order chi connectivity index (χ0) is 14.7. The normalized spacial score (nSPS) is 12.1. The van der Waals surface area contributed by atoms with E-state index < -0.39 is 0 Å². The summed E-state index contributed by atoms with van der Waals surface area (Å²) in [6.45, 7) is 0. The van der Waals surface area contributed by atoms with Crippen LogP contribution in [0.2, 0.25) is 10.0 Å². The van der Waals surface area contributed by atoms with Crippen LogP contribution in [0.15, 0.2) is 36.4 Å². The lowest BCUT2D eigenvalue weighted by Crippen LogP contribution is -2.12. The number of rotatable bonds is 4. The number of nitrogens with two attached hydrogens (primary N) is 1. The largest absolute Gasteiger partial charge is 0.497 e. The molecule has 1 atom stereocenters. The molecule has 0 aliphatic heterocycles. The van der Waals surface area contributed by atoms with Crippen LogP contribution in [0.1, 0.15) is 17.2 Å².